The van der Waals surface area contributed by atoms with E-state index in [0.29, 0.717) is 13.1 Å². The first kappa shape index (κ1) is 16.5. The molecule has 1 aliphatic heterocycles. The van der Waals surface area contributed by atoms with Gasteiger partial charge in [-0.2, -0.15) is 0 Å². The second-order valence-corrected chi connectivity index (χ2v) is 8.13. The summed E-state index contributed by atoms with van der Waals surface area (Å²) in [6.45, 7) is 1.89. The number of nitrogens with one attached hydrogen (secondary N) is 2. The Kier molecular flexibility index (Phi) is 5.87. The van der Waals surface area contributed by atoms with E-state index in [1.807, 2.05) is 0 Å². The highest BCUT2D eigenvalue weighted by atomic mass is 32.2. The molecule has 0 aromatic carbocycles. The average Bonchev–Trinajstić information content (AvgIpc) is 2.90. The third kappa shape index (κ3) is 5.82. The Morgan fingerprint density at radius 2 is 1.90 bits per heavy atom. The van der Waals surface area contributed by atoms with Crippen LogP contribution in [0.2, 0.25) is 0 Å². The summed E-state index contributed by atoms with van der Waals surface area (Å²) in [4.78, 5) is 13.8. The molecule has 2 N–H and O–H groups in total. The zero-order chi connectivity index (χ0) is 15.3. The normalized spacial score (nSPS) is 24.2. The van der Waals surface area contributed by atoms with Crippen LogP contribution in [0, 0.1) is 5.92 Å². The van der Waals surface area contributed by atoms with Gasteiger partial charge >= 0.3 is 6.03 Å². The van der Waals surface area contributed by atoms with Gasteiger partial charge < -0.3 is 10.2 Å². The Hall–Kier alpha value is -0.820. The largest absolute Gasteiger partial charge is 0.338 e. The van der Waals surface area contributed by atoms with Crippen LogP contribution in [0.1, 0.15) is 44.9 Å². The number of nitrogens with zero attached hydrogens (tertiary/aromatic N) is 1. The van der Waals surface area contributed by atoms with E-state index in [1.165, 1.54) is 25.7 Å². The lowest BCUT2D eigenvalue weighted by molar-refractivity contribution is 0.177. The first-order valence-electron chi connectivity index (χ1n) is 7.94. The standard InChI is InChI=1S/C14H27N3O3S/c1-21(19,20)16-13-7-4-10-17(11-13)14(18)15-9-8-12-5-2-3-6-12/h12-13,16H,2-11H2,1H3,(H,15,18)/t13-/m0/s1. The molecule has 0 spiro atoms. The fourth-order valence-electron chi connectivity index (χ4n) is 3.35. The molecule has 6 nitrogen and oxygen atoms in total. The second kappa shape index (κ2) is 7.45. The summed E-state index contributed by atoms with van der Waals surface area (Å²) in [7, 11) is -3.21. The van der Waals surface area contributed by atoms with Crippen molar-refractivity contribution in [2.75, 3.05) is 25.9 Å². The molecule has 1 saturated carbocycles. The van der Waals surface area contributed by atoms with Crippen LogP contribution in [0.5, 0.6) is 0 Å². The van der Waals surface area contributed by atoms with Crippen molar-refractivity contribution < 1.29 is 13.2 Å². The molecule has 0 unspecified atom stereocenters. The molecule has 2 amide bonds. The van der Waals surface area contributed by atoms with Gasteiger partial charge in [-0.25, -0.2) is 17.9 Å². The maximum absolute atomic E-state index is 12.1. The molecular formula is C14H27N3O3S. The molecule has 2 rings (SSSR count). The molecule has 1 heterocycles. The summed E-state index contributed by atoms with van der Waals surface area (Å²) >= 11 is 0. The molecule has 0 radical (unpaired) electrons. The zero-order valence-electron chi connectivity index (χ0n) is 12.8. The predicted molar refractivity (Wildman–Crippen MR) is 82.5 cm³/mol. The number of amides is 2. The summed E-state index contributed by atoms with van der Waals surface area (Å²) in [5, 5.41) is 2.97. The van der Waals surface area contributed by atoms with Gasteiger partial charge in [0.2, 0.25) is 10.0 Å². The number of urea groups is 1. The molecule has 0 aromatic rings. The zero-order valence-corrected chi connectivity index (χ0v) is 13.6. The first-order valence-corrected chi connectivity index (χ1v) is 9.83. The van der Waals surface area contributed by atoms with Gasteiger partial charge in [-0.1, -0.05) is 25.7 Å². The fraction of sp³-hybridized carbons (Fsp3) is 0.929. The first-order chi connectivity index (χ1) is 9.94. The summed E-state index contributed by atoms with van der Waals surface area (Å²) in [6, 6.07) is -0.220. The highest BCUT2D eigenvalue weighted by Gasteiger charge is 2.25. The van der Waals surface area contributed by atoms with E-state index in [-0.39, 0.29) is 12.1 Å². The van der Waals surface area contributed by atoms with Crippen LogP contribution in [0.4, 0.5) is 4.79 Å². The minimum atomic E-state index is -3.21. The molecule has 1 aliphatic carbocycles. The summed E-state index contributed by atoms with van der Waals surface area (Å²) in [5.41, 5.74) is 0. The third-order valence-electron chi connectivity index (χ3n) is 4.39. The lowest BCUT2D eigenvalue weighted by Gasteiger charge is -2.32. The second-order valence-electron chi connectivity index (χ2n) is 6.35. The van der Waals surface area contributed by atoms with Gasteiger partial charge in [-0.05, 0) is 25.2 Å². The average molecular weight is 317 g/mol. The molecule has 21 heavy (non-hydrogen) atoms. The topological polar surface area (TPSA) is 78.5 Å². The molecule has 1 saturated heterocycles. The van der Waals surface area contributed by atoms with Crippen LogP contribution in [-0.4, -0.2) is 51.3 Å². The SMILES string of the molecule is CS(=O)(=O)N[C@H]1CCCN(C(=O)NCCC2CCCC2)C1. The lowest BCUT2D eigenvalue weighted by atomic mass is 10.0. The Balaban J connectivity index is 1.71. The monoisotopic (exact) mass is 317 g/mol. The van der Waals surface area contributed by atoms with Crippen molar-refractivity contribution in [1.29, 1.82) is 0 Å². The molecule has 0 bridgehead atoms. The van der Waals surface area contributed by atoms with Gasteiger partial charge in [0.1, 0.15) is 0 Å². The van der Waals surface area contributed by atoms with Gasteiger partial charge in [-0.15, -0.1) is 0 Å². The highest BCUT2D eigenvalue weighted by molar-refractivity contribution is 7.88. The van der Waals surface area contributed by atoms with E-state index in [2.05, 4.69) is 10.0 Å². The minimum Gasteiger partial charge on any atom is -0.338 e. The van der Waals surface area contributed by atoms with E-state index in [0.717, 1.165) is 38.0 Å². The molecule has 2 fully saturated rings. The van der Waals surface area contributed by atoms with E-state index in [9.17, 15) is 13.2 Å². The van der Waals surface area contributed by atoms with Crippen LogP contribution < -0.4 is 10.0 Å². The third-order valence-corrected chi connectivity index (χ3v) is 5.15. The Morgan fingerprint density at radius 1 is 1.19 bits per heavy atom. The number of carbonyl (C=O) groups excluding carboxylic acids is 1. The highest BCUT2D eigenvalue weighted by Crippen LogP contribution is 2.26. The van der Waals surface area contributed by atoms with Gasteiger partial charge in [0.05, 0.1) is 6.26 Å². The van der Waals surface area contributed by atoms with Crippen LogP contribution in [0.3, 0.4) is 0 Å². The van der Waals surface area contributed by atoms with Gasteiger partial charge in [0.15, 0.2) is 0 Å². The van der Waals surface area contributed by atoms with Crippen molar-refractivity contribution in [1.82, 2.24) is 14.9 Å². The Bertz CT molecular complexity index is 446. The number of hydrogen-bond donors (Lipinski definition) is 2. The van der Waals surface area contributed by atoms with Gasteiger partial charge in [-0.3, -0.25) is 0 Å². The van der Waals surface area contributed by atoms with E-state index >= 15 is 0 Å². The maximum Gasteiger partial charge on any atom is 0.317 e. The van der Waals surface area contributed by atoms with Crippen molar-refractivity contribution >= 4 is 16.1 Å². The quantitative estimate of drug-likeness (QED) is 0.802. The van der Waals surface area contributed by atoms with Crippen molar-refractivity contribution in [2.24, 2.45) is 5.92 Å². The number of hydrogen-bond acceptors (Lipinski definition) is 3. The van der Waals surface area contributed by atoms with Crippen molar-refractivity contribution in [3.05, 3.63) is 0 Å². The number of likely N-dealkylation sites (tertiary alicyclic amines) is 1. The van der Waals surface area contributed by atoms with Gasteiger partial charge in [0.25, 0.3) is 0 Å². The Labute approximate surface area is 127 Å². The van der Waals surface area contributed by atoms with E-state index in [1.54, 1.807) is 4.90 Å². The molecular weight excluding hydrogens is 290 g/mol. The predicted octanol–water partition coefficient (Wildman–Crippen LogP) is 1.29. The van der Waals surface area contributed by atoms with Crippen LogP contribution in [-0.2, 0) is 10.0 Å². The summed E-state index contributed by atoms with van der Waals surface area (Å²) in [5.74, 6) is 0.770. The smallest absolute Gasteiger partial charge is 0.317 e. The van der Waals surface area contributed by atoms with Crippen LogP contribution in [0.25, 0.3) is 0 Å². The number of rotatable bonds is 5. The van der Waals surface area contributed by atoms with Crippen LogP contribution >= 0.6 is 0 Å². The van der Waals surface area contributed by atoms with Gasteiger partial charge in [0, 0.05) is 25.7 Å². The fourth-order valence-corrected chi connectivity index (χ4v) is 4.15. The van der Waals surface area contributed by atoms with E-state index < -0.39 is 10.0 Å². The van der Waals surface area contributed by atoms with Crippen molar-refractivity contribution in [3.63, 3.8) is 0 Å². The molecule has 2 aliphatic rings. The van der Waals surface area contributed by atoms with Crippen molar-refractivity contribution in [2.45, 2.75) is 51.0 Å². The minimum absolute atomic E-state index is 0.0620. The van der Waals surface area contributed by atoms with E-state index in [4.69, 9.17) is 0 Å². The molecule has 1 atom stereocenters. The summed E-state index contributed by atoms with van der Waals surface area (Å²) in [6.07, 6.45) is 9.08. The molecule has 122 valence electrons. The number of sulfonamides is 1. The number of piperidine rings is 1. The molecule has 0 aromatic heterocycles. The Morgan fingerprint density at radius 3 is 2.57 bits per heavy atom. The molecule has 7 heteroatoms. The maximum atomic E-state index is 12.1. The lowest BCUT2D eigenvalue weighted by Crippen LogP contribution is -2.52. The van der Waals surface area contributed by atoms with Crippen LogP contribution in [0.15, 0.2) is 0 Å². The number of carbonyl (C=O) groups is 1. The van der Waals surface area contributed by atoms with Crippen molar-refractivity contribution in [3.8, 4) is 0 Å². The summed E-state index contributed by atoms with van der Waals surface area (Å²) < 4.78 is 25.1.